The van der Waals surface area contributed by atoms with Crippen molar-refractivity contribution < 1.29 is 51.0 Å². The van der Waals surface area contributed by atoms with Crippen molar-refractivity contribution in [1.29, 1.82) is 0 Å². The van der Waals surface area contributed by atoms with Gasteiger partial charge in [0, 0.05) is 0 Å². The van der Waals surface area contributed by atoms with Crippen LogP contribution in [0.5, 0.6) is 0 Å². The van der Waals surface area contributed by atoms with E-state index >= 15 is 0 Å². The summed E-state index contributed by atoms with van der Waals surface area (Å²) in [6.45, 7) is 0. The maximum absolute atomic E-state index is 9.75. The minimum absolute atomic E-state index is 0. The van der Waals surface area contributed by atoms with Crippen LogP contribution in [0.15, 0.2) is 24.3 Å². The summed E-state index contributed by atoms with van der Waals surface area (Å²) in [6.07, 6.45) is 14.0. The van der Waals surface area contributed by atoms with Gasteiger partial charge in [0.15, 0.2) is 0 Å². The normalized spacial score (nSPS) is 18.1. The van der Waals surface area contributed by atoms with Gasteiger partial charge in [-0.3, -0.25) is 0 Å². The Morgan fingerprint density at radius 2 is 0.789 bits per heavy atom. The summed E-state index contributed by atoms with van der Waals surface area (Å²) in [6, 6.07) is 0. The number of hydrogen-bond acceptors (Lipinski definition) is 0. The fraction of sp³-hybridized carbons (Fsp3) is 0.500. The smallest absolute Gasteiger partial charge is 0.418 e. The molecular formula is C8H12B2F8Ni. The molecule has 19 heavy (non-hydrogen) atoms. The van der Waals surface area contributed by atoms with Crippen molar-refractivity contribution in [1.82, 2.24) is 0 Å². The first-order valence-electron chi connectivity index (χ1n) is 5.06. The van der Waals surface area contributed by atoms with Crippen LogP contribution in [0.4, 0.5) is 34.5 Å². The molecule has 1 aliphatic rings. The third-order valence-electron chi connectivity index (χ3n) is 1.37. The maximum Gasteiger partial charge on any atom is 2.00 e. The largest absolute Gasteiger partial charge is 2.00 e. The average molecular weight is 340 g/mol. The number of halogens is 8. The molecule has 0 fully saturated rings. The Hall–Kier alpha value is -0.457. The molecule has 0 amide bonds. The minimum Gasteiger partial charge on any atom is -0.418 e. The predicted molar refractivity (Wildman–Crippen MR) is 57.1 cm³/mol. The third-order valence-corrected chi connectivity index (χ3v) is 1.37. The number of hydrogen-bond donors (Lipinski definition) is 0. The van der Waals surface area contributed by atoms with Crippen LogP contribution in [-0.4, -0.2) is 14.5 Å². The van der Waals surface area contributed by atoms with Gasteiger partial charge in [-0.05, 0) is 25.7 Å². The van der Waals surface area contributed by atoms with Gasteiger partial charge in [-0.1, -0.05) is 24.3 Å². The van der Waals surface area contributed by atoms with Gasteiger partial charge >= 0.3 is 31.0 Å². The molecule has 0 aromatic carbocycles. The fourth-order valence-electron chi connectivity index (χ4n) is 0.874. The molecule has 11 heteroatoms. The van der Waals surface area contributed by atoms with E-state index in [1.807, 2.05) is 0 Å². The van der Waals surface area contributed by atoms with Crippen LogP contribution in [-0.2, 0) is 16.5 Å². The zero-order valence-corrected chi connectivity index (χ0v) is 10.6. The molecule has 0 unspecified atom stereocenters. The van der Waals surface area contributed by atoms with E-state index in [-0.39, 0.29) is 16.5 Å². The second-order valence-electron chi connectivity index (χ2n) is 3.13. The van der Waals surface area contributed by atoms with Crippen molar-refractivity contribution in [2.75, 3.05) is 0 Å². The van der Waals surface area contributed by atoms with Crippen LogP contribution in [0.3, 0.4) is 0 Å². The average Bonchev–Trinajstić information content (AvgIpc) is 1.93. The SMILES string of the molecule is C1=C\CCCC\C=C/1.F[B-](F)(F)F.F[B-](F)(F)F.[Ni+2]. The molecule has 1 rings (SSSR count). The summed E-state index contributed by atoms with van der Waals surface area (Å²) in [7, 11) is -12.0. The van der Waals surface area contributed by atoms with Crippen molar-refractivity contribution in [3.63, 3.8) is 0 Å². The molecule has 0 heterocycles. The standard InChI is InChI=1S/C8H12.2BF4.Ni/c1-2-4-6-8-7-5-3-1;2*2-1(3,4)5;/h1-4H,5-8H2;;;/q;2*-1;+2/b3-1-,4-2-;;;. The van der Waals surface area contributed by atoms with Gasteiger partial charge in [0.1, 0.15) is 0 Å². The summed E-state index contributed by atoms with van der Waals surface area (Å²) < 4.78 is 78.0. The molecular weight excluding hydrogens is 328 g/mol. The van der Waals surface area contributed by atoms with Crippen molar-refractivity contribution in [2.45, 2.75) is 25.7 Å². The Bertz CT molecular complexity index is 210. The van der Waals surface area contributed by atoms with Gasteiger partial charge in [0.05, 0.1) is 0 Å². The van der Waals surface area contributed by atoms with Crippen LogP contribution in [0.2, 0.25) is 0 Å². The van der Waals surface area contributed by atoms with Gasteiger partial charge in [-0.2, -0.15) is 0 Å². The monoisotopic (exact) mass is 340 g/mol. The van der Waals surface area contributed by atoms with Gasteiger partial charge in [-0.25, -0.2) is 0 Å². The molecule has 0 saturated heterocycles. The van der Waals surface area contributed by atoms with Gasteiger partial charge < -0.3 is 34.5 Å². The van der Waals surface area contributed by atoms with E-state index in [1.165, 1.54) is 25.7 Å². The molecule has 0 radical (unpaired) electrons. The molecule has 0 aromatic rings. The molecule has 0 saturated carbocycles. The zero-order chi connectivity index (χ0) is 14.7. The predicted octanol–water partition coefficient (Wildman–Crippen LogP) is 5.27. The Morgan fingerprint density at radius 1 is 0.579 bits per heavy atom. The van der Waals surface area contributed by atoms with E-state index in [2.05, 4.69) is 24.3 Å². The topological polar surface area (TPSA) is 0 Å². The Labute approximate surface area is 116 Å². The van der Waals surface area contributed by atoms with Gasteiger partial charge in [0.25, 0.3) is 0 Å². The molecule has 1 aliphatic carbocycles. The first kappa shape index (κ1) is 23.6. The molecule has 0 spiro atoms. The number of rotatable bonds is 0. The summed E-state index contributed by atoms with van der Waals surface area (Å²) in [5.74, 6) is 0. The van der Waals surface area contributed by atoms with Crippen molar-refractivity contribution in [2.24, 2.45) is 0 Å². The van der Waals surface area contributed by atoms with E-state index in [1.54, 1.807) is 0 Å². The third kappa shape index (κ3) is 74.5. The molecule has 0 atom stereocenters. The van der Waals surface area contributed by atoms with E-state index in [0.29, 0.717) is 0 Å². The van der Waals surface area contributed by atoms with Crippen molar-refractivity contribution in [3.05, 3.63) is 24.3 Å². The molecule has 0 N–H and O–H groups in total. The summed E-state index contributed by atoms with van der Waals surface area (Å²) >= 11 is 0. The molecule has 116 valence electrons. The quantitative estimate of drug-likeness (QED) is 0.416. The minimum atomic E-state index is -6.00. The zero-order valence-electron chi connectivity index (χ0n) is 9.63. The fourth-order valence-corrected chi connectivity index (χ4v) is 0.874. The summed E-state index contributed by atoms with van der Waals surface area (Å²) in [5, 5.41) is 0. The number of allylic oxidation sites excluding steroid dienone is 4. The van der Waals surface area contributed by atoms with Crippen molar-refractivity contribution in [3.8, 4) is 0 Å². The second kappa shape index (κ2) is 12.6. The molecule has 0 aliphatic heterocycles. The van der Waals surface area contributed by atoms with Gasteiger partial charge in [0.2, 0.25) is 0 Å². The van der Waals surface area contributed by atoms with Crippen LogP contribution in [0.25, 0.3) is 0 Å². The van der Waals surface area contributed by atoms with E-state index in [4.69, 9.17) is 0 Å². The van der Waals surface area contributed by atoms with Crippen LogP contribution in [0.1, 0.15) is 25.7 Å². The Morgan fingerprint density at radius 3 is 1.00 bits per heavy atom. The Balaban J connectivity index is -0.000000208. The summed E-state index contributed by atoms with van der Waals surface area (Å²) in [4.78, 5) is 0. The van der Waals surface area contributed by atoms with Crippen LogP contribution < -0.4 is 0 Å². The van der Waals surface area contributed by atoms with E-state index in [0.717, 1.165) is 0 Å². The first-order chi connectivity index (χ1) is 8.00. The van der Waals surface area contributed by atoms with E-state index < -0.39 is 14.5 Å². The van der Waals surface area contributed by atoms with Gasteiger partial charge in [-0.15, -0.1) is 0 Å². The first-order valence-corrected chi connectivity index (χ1v) is 5.06. The van der Waals surface area contributed by atoms with Crippen molar-refractivity contribution >= 4 is 14.5 Å². The molecule has 0 nitrogen and oxygen atoms in total. The molecule has 0 bridgehead atoms. The molecule has 0 aromatic heterocycles. The van der Waals surface area contributed by atoms with Crippen LogP contribution in [0, 0.1) is 0 Å². The maximum atomic E-state index is 9.75. The van der Waals surface area contributed by atoms with Crippen LogP contribution >= 0.6 is 0 Å². The second-order valence-corrected chi connectivity index (χ2v) is 3.13. The van der Waals surface area contributed by atoms with E-state index in [9.17, 15) is 34.5 Å². The summed E-state index contributed by atoms with van der Waals surface area (Å²) in [5.41, 5.74) is 0. The Kier molecular flexibility index (Phi) is 15.6.